The van der Waals surface area contributed by atoms with Crippen LogP contribution in [0.1, 0.15) is 0 Å². The molecule has 27 heavy (non-hydrogen) atoms. The van der Waals surface area contributed by atoms with E-state index in [2.05, 4.69) is 26.6 Å². The van der Waals surface area contributed by atoms with E-state index in [1.165, 1.54) is 32.6 Å². The average molecular weight is 471 g/mol. The van der Waals surface area contributed by atoms with Crippen molar-refractivity contribution in [2.75, 3.05) is 24.9 Å². The Morgan fingerprint density at radius 1 is 1.15 bits per heavy atom. The molecule has 2 aromatic carbocycles. The molecule has 2 rings (SSSR count). The lowest BCUT2D eigenvalue weighted by molar-refractivity contribution is -0.112. The molecule has 0 bridgehead atoms. The van der Waals surface area contributed by atoms with Gasteiger partial charge in [0.1, 0.15) is 23.1 Å². The summed E-state index contributed by atoms with van der Waals surface area (Å²) in [6, 6.07) is 10.0. The Morgan fingerprint density at radius 3 is 2.48 bits per heavy atom. The number of hydrogen-bond acceptors (Lipinski definition) is 5. The van der Waals surface area contributed by atoms with E-state index in [4.69, 9.17) is 32.7 Å². The first-order valence-corrected chi connectivity index (χ1v) is 8.99. The summed E-state index contributed by atoms with van der Waals surface area (Å²) in [7, 11) is 2.98. The number of benzene rings is 2. The highest BCUT2D eigenvalue weighted by Crippen LogP contribution is 2.34. The molecular weight excluding hydrogens is 457 g/mol. The van der Waals surface area contributed by atoms with E-state index in [1.54, 1.807) is 18.2 Å². The van der Waals surface area contributed by atoms with Crippen LogP contribution in [0.25, 0.3) is 0 Å². The molecule has 0 fully saturated rings. The Morgan fingerprint density at radius 2 is 1.85 bits per heavy atom. The van der Waals surface area contributed by atoms with Gasteiger partial charge in [-0.2, -0.15) is 5.26 Å². The zero-order valence-corrected chi connectivity index (χ0v) is 17.4. The summed E-state index contributed by atoms with van der Waals surface area (Å²) >= 11 is 15.4. The second kappa shape index (κ2) is 9.51. The number of amides is 1. The number of nitrogens with zero attached hydrogens (tertiary/aromatic N) is 1. The zero-order valence-electron chi connectivity index (χ0n) is 14.3. The number of carbonyl (C=O) groups excluding carboxylic acids is 1. The summed E-state index contributed by atoms with van der Waals surface area (Å²) in [5.41, 5.74) is 0.762. The molecule has 1 amide bonds. The first-order valence-electron chi connectivity index (χ1n) is 7.44. The van der Waals surface area contributed by atoms with Gasteiger partial charge in [0.2, 0.25) is 0 Å². The van der Waals surface area contributed by atoms with Gasteiger partial charge in [-0.05, 0) is 34.1 Å². The van der Waals surface area contributed by atoms with E-state index >= 15 is 0 Å². The summed E-state index contributed by atoms with van der Waals surface area (Å²) in [5, 5.41) is 15.3. The van der Waals surface area contributed by atoms with Crippen molar-refractivity contribution in [1.82, 2.24) is 0 Å². The highest BCUT2D eigenvalue weighted by Gasteiger charge is 2.14. The number of anilines is 2. The van der Waals surface area contributed by atoms with Crippen LogP contribution in [0, 0.1) is 11.3 Å². The van der Waals surface area contributed by atoms with Gasteiger partial charge in [0.25, 0.3) is 5.91 Å². The maximum atomic E-state index is 12.4. The van der Waals surface area contributed by atoms with E-state index < -0.39 is 5.91 Å². The summed E-state index contributed by atoms with van der Waals surface area (Å²) < 4.78 is 11.1. The van der Waals surface area contributed by atoms with E-state index in [0.29, 0.717) is 22.2 Å². The first-order chi connectivity index (χ1) is 12.9. The third-order valence-electron chi connectivity index (χ3n) is 3.39. The number of carbonyl (C=O) groups is 1. The second-order valence-corrected chi connectivity index (χ2v) is 6.75. The molecule has 0 spiro atoms. The van der Waals surface area contributed by atoms with Gasteiger partial charge >= 0.3 is 0 Å². The van der Waals surface area contributed by atoms with Gasteiger partial charge in [-0.25, -0.2) is 0 Å². The Hall–Kier alpha value is -2.40. The van der Waals surface area contributed by atoms with Crippen LogP contribution >= 0.6 is 39.1 Å². The quantitative estimate of drug-likeness (QED) is 0.446. The lowest BCUT2D eigenvalue weighted by Crippen LogP contribution is -2.15. The van der Waals surface area contributed by atoms with E-state index in [0.717, 1.165) is 4.47 Å². The third-order valence-corrected chi connectivity index (χ3v) is 4.65. The molecule has 0 radical (unpaired) electrons. The number of rotatable bonds is 6. The molecule has 0 aliphatic rings. The average Bonchev–Trinajstić information content (AvgIpc) is 2.65. The fourth-order valence-corrected chi connectivity index (χ4v) is 2.94. The van der Waals surface area contributed by atoms with Gasteiger partial charge in [0.05, 0.1) is 34.4 Å². The SMILES string of the molecule is COc1cc(NC(=O)C(C#N)=CNc2ccc(Br)c(OC)c2)c(Cl)cc1Cl. The van der Waals surface area contributed by atoms with Gasteiger partial charge in [0.15, 0.2) is 0 Å². The monoisotopic (exact) mass is 469 g/mol. The van der Waals surface area contributed by atoms with Crippen molar-refractivity contribution < 1.29 is 14.3 Å². The lowest BCUT2D eigenvalue weighted by atomic mass is 10.2. The van der Waals surface area contributed by atoms with Crippen molar-refractivity contribution in [2.24, 2.45) is 0 Å². The van der Waals surface area contributed by atoms with Crippen molar-refractivity contribution in [3.05, 3.63) is 56.6 Å². The molecule has 0 unspecified atom stereocenters. The molecule has 0 saturated heterocycles. The highest BCUT2D eigenvalue weighted by molar-refractivity contribution is 9.10. The smallest absolute Gasteiger partial charge is 0.267 e. The minimum Gasteiger partial charge on any atom is -0.495 e. The van der Waals surface area contributed by atoms with Crippen molar-refractivity contribution in [3.8, 4) is 17.6 Å². The summed E-state index contributed by atoms with van der Waals surface area (Å²) in [4.78, 5) is 12.4. The van der Waals surface area contributed by atoms with E-state index in [1.807, 2.05) is 6.07 Å². The maximum absolute atomic E-state index is 12.4. The summed E-state index contributed by atoms with van der Waals surface area (Å²) in [6.45, 7) is 0. The van der Waals surface area contributed by atoms with Gasteiger partial charge in [-0.1, -0.05) is 23.2 Å². The molecule has 0 heterocycles. The Balaban J connectivity index is 2.19. The predicted molar refractivity (Wildman–Crippen MR) is 110 cm³/mol. The van der Waals surface area contributed by atoms with E-state index in [9.17, 15) is 10.1 Å². The normalized spacial score (nSPS) is 10.7. The number of nitrogens with one attached hydrogen (secondary N) is 2. The van der Waals surface area contributed by atoms with Crippen molar-refractivity contribution in [3.63, 3.8) is 0 Å². The largest absolute Gasteiger partial charge is 0.495 e. The van der Waals surface area contributed by atoms with Crippen LogP contribution in [0.3, 0.4) is 0 Å². The molecule has 0 aliphatic carbocycles. The van der Waals surface area contributed by atoms with Gasteiger partial charge in [-0.3, -0.25) is 4.79 Å². The summed E-state index contributed by atoms with van der Waals surface area (Å²) in [5.74, 6) is 0.315. The van der Waals surface area contributed by atoms with Crippen LogP contribution < -0.4 is 20.1 Å². The lowest BCUT2D eigenvalue weighted by Gasteiger charge is -2.10. The molecule has 0 aliphatic heterocycles. The predicted octanol–water partition coefficient (Wildman–Crippen LogP) is 5.23. The number of nitriles is 1. The highest BCUT2D eigenvalue weighted by atomic mass is 79.9. The minimum absolute atomic E-state index is 0.151. The van der Waals surface area contributed by atoms with Crippen LogP contribution in [-0.4, -0.2) is 20.1 Å². The van der Waals surface area contributed by atoms with Gasteiger partial charge in [-0.15, -0.1) is 0 Å². The fourth-order valence-electron chi connectivity index (χ4n) is 2.02. The molecular formula is C18H14BrCl2N3O3. The molecule has 0 aromatic heterocycles. The summed E-state index contributed by atoms with van der Waals surface area (Å²) in [6.07, 6.45) is 1.29. The molecule has 2 aromatic rings. The van der Waals surface area contributed by atoms with Crippen molar-refractivity contribution >= 4 is 56.4 Å². The zero-order chi connectivity index (χ0) is 20.0. The Labute approximate surface area is 174 Å². The Bertz CT molecular complexity index is 942. The molecule has 2 N–H and O–H groups in total. The Kier molecular flexibility index (Phi) is 7.36. The number of ether oxygens (including phenoxy) is 2. The topological polar surface area (TPSA) is 83.4 Å². The molecule has 140 valence electrons. The molecule has 6 nitrogen and oxygen atoms in total. The van der Waals surface area contributed by atoms with Crippen LogP contribution in [0.15, 0.2) is 46.6 Å². The second-order valence-electron chi connectivity index (χ2n) is 5.08. The van der Waals surface area contributed by atoms with E-state index in [-0.39, 0.29) is 16.3 Å². The fraction of sp³-hybridized carbons (Fsp3) is 0.111. The standard InChI is InChI=1S/C18H14BrCl2N3O3/c1-26-16-5-11(3-4-12(16)19)23-9-10(8-22)18(25)24-15-7-17(27-2)14(21)6-13(15)20/h3-7,9,23H,1-2H3,(H,24,25). The van der Waals surface area contributed by atoms with Crippen LogP contribution in [0.5, 0.6) is 11.5 Å². The maximum Gasteiger partial charge on any atom is 0.267 e. The first kappa shape index (κ1) is 20.9. The minimum atomic E-state index is -0.639. The van der Waals surface area contributed by atoms with Gasteiger partial charge in [0, 0.05) is 24.0 Å². The molecule has 0 atom stereocenters. The van der Waals surface area contributed by atoms with Crippen LogP contribution in [0.4, 0.5) is 11.4 Å². The van der Waals surface area contributed by atoms with Crippen LogP contribution in [-0.2, 0) is 4.79 Å². The number of halogens is 3. The number of hydrogen-bond donors (Lipinski definition) is 2. The number of methoxy groups -OCH3 is 2. The third kappa shape index (κ3) is 5.30. The molecule has 0 saturated carbocycles. The van der Waals surface area contributed by atoms with Crippen molar-refractivity contribution in [1.29, 1.82) is 5.26 Å². The van der Waals surface area contributed by atoms with Gasteiger partial charge < -0.3 is 20.1 Å². The molecule has 9 heteroatoms. The van der Waals surface area contributed by atoms with Crippen molar-refractivity contribution in [2.45, 2.75) is 0 Å². The van der Waals surface area contributed by atoms with Crippen LogP contribution in [0.2, 0.25) is 10.0 Å².